The van der Waals surface area contributed by atoms with Crippen LogP contribution in [0.25, 0.3) is 21.9 Å². The molecule has 4 rings (SSSR count). The number of anilines is 1. The Morgan fingerprint density at radius 2 is 1.61 bits per heavy atom. The summed E-state index contributed by atoms with van der Waals surface area (Å²) in [7, 11) is 0. The van der Waals surface area contributed by atoms with Gasteiger partial charge in [0.2, 0.25) is 0 Å². The fourth-order valence-electron chi connectivity index (χ4n) is 2.61. The van der Waals surface area contributed by atoms with Crippen molar-refractivity contribution in [2.45, 2.75) is 0 Å². The lowest BCUT2D eigenvalue weighted by Gasteiger charge is -2.05. The molecule has 1 amide bonds. The highest BCUT2D eigenvalue weighted by molar-refractivity contribution is 9.10. The van der Waals surface area contributed by atoms with Gasteiger partial charge in [-0.2, -0.15) is 0 Å². The molecule has 0 bridgehead atoms. The molecule has 112 valence electrons. The van der Waals surface area contributed by atoms with Crippen LogP contribution < -0.4 is 5.32 Å². The number of halogens is 1. The minimum absolute atomic E-state index is 0.145. The molecule has 3 aromatic carbocycles. The van der Waals surface area contributed by atoms with Gasteiger partial charge in [-0.3, -0.25) is 4.79 Å². The van der Waals surface area contributed by atoms with Gasteiger partial charge < -0.3 is 9.73 Å². The first-order chi connectivity index (χ1) is 11.2. The number of furan rings is 1. The Hall–Kier alpha value is -2.59. The minimum Gasteiger partial charge on any atom is -0.456 e. The molecule has 0 saturated heterocycles. The maximum absolute atomic E-state index is 12.3. The molecule has 0 aliphatic rings. The fraction of sp³-hybridized carbons (Fsp3) is 0. The second-order valence-electron chi connectivity index (χ2n) is 5.27. The number of benzene rings is 3. The van der Waals surface area contributed by atoms with Crippen molar-refractivity contribution in [3.8, 4) is 0 Å². The van der Waals surface area contributed by atoms with Gasteiger partial charge in [-0.05, 0) is 42.5 Å². The average Bonchev–Trinajstić information content (AvgIpc) is 2.93. The predicted octanol–water partition coefficient (Wildman–Crippen LogP) is 5.60. The molecule has 0 aliphatic heterocycles. The standard InChI is InChI=1S/C19H12BrNO2/c20-13-7-5-12(6-8-13)19(22)21-14-9-10-16-15-3-1-2-4-17(15)23-18(16)11-14/h1-11H,(H,21,22). The summed E-state index contributed by atoms with van der Waals surface area (Å²) in [6, 6.07) is 20.9. The van der Waals surface area contributed by atoms with Gasteiger partial charge in [0.25, 0.3) is 5.91 Å². The molecule has 1 aromatic heterocycles. The Morgan fingerprint density at radius 1 is 0.870 bits per heavy atom. The van der Waals surface area contributed by atoms with Crippen LogP contribution >= 0.6 is 15.9 Å². The van der Waals surface area contributed by atoms with Crippen LogP contribution in [0.2, 0.25) is 0 Å². The van der Waals surface area contributed by atoms with Gasteiger partial charge >= 0.3 is 0 Å². The van der Waals surface area contributed by atoms with E-state index >= 15 is 0 Å². The molecule has 3 nitrogen and oxygen atoms in total. The summed E-state index contributed by atoms with van der Waals surface area (Å²) in [4.78, 5) is 12.3. The highest BCUT2D eigenvalue weighted by Gasteiger charge is 2.09. The van der Waals surface area contributed by atoms with Gasteiger partial charge in [-0.15, -0.1) is 0 Å². The molecule has 4 aromatic rings. The molecule has 0 spiro atoms. The van der Waals surface area contributed by atoms with Gasteiger partial charge in [-0.25, -0.2) is 0 Å². The lowest BCUT2D eigenvalue weighted by molar-refractivity contribution is 0.102. The van der Waals surface area contributed by atoms with E-state index in [4.69, 9.17) is 4.42 Å². The molecular weight excluding hydrogens is 354 g/mol. The highest BCUT2D eigenvalue weighted by atomic mass is 79.9. The van der Waals surface area contributed by atoms with Crippen LogP contribution in [0.4, 0.5) is 5.69 Å². The van der Waals surface area contributed by atoms with Crippen LogP contribution in [0, 0.1) is 0 Å². The van der Waals surface area contributed by atoms with Gasteiger partial charge in [-0.1, -0.05) is 34.1 Å². The number of rotatable bonds is 2. The van der Waals surface area contributed by atoms with Crippen molar-refractivity contribution in [2.24, 2.45) is 0 Å². The second-order valence-corrected chi connectivity index (χ2v) is 6.19. The first-order valence-electron chi connectivity index (χ1n) is 7.19. The number of nitrogens with one attached hydrogen (secondary N) is 1. The van der Waals surface area contributed by atoms with Crippen LogP contribution in [-0.4, -0.2) is 5.91 Å². The molecule has 0 atom stereocenters. The highest BCUT2D eigenvalue weighted by Crippen LogP contribution is 2.30. The number of carbonyl (C=O) groups is 1. The zero-order chi connectivity index (χ0) is 15.8. The van der Waals surface area contributed by atoms with E-state index in [1.54, 1.807) is 12.1 Å². The molecule has 0 radical (unpaired) electrons. The summed E-state index contributed by atoms with van der Waals surface area (Å²) >= 11 is 3.36. The Balaban J connectivity index is 1.67. The maximum Gasteiger partial charge on any atom is 0.255 e. The Labute approximate surface area is 141 Å². The SMILES string of the molecule is O=C(Nc1ccc2c(c1)oc1ccccc12)c1ccc(Br)cc1. The summed E-state index contributed by atoms with van der Waals surface area (Å²) in [5.41, 5.74) is 2.93. The average molecular weight is 366 g/mol. The monoisotopic (exact) mass is 365 g/mol. The van der Waals surface area contributed by atoms with Gasteiger partial charge in [0.15, 0.2) is 0 Å². The smallest absolute Gasteiger partial charge is 0.255 e. The van der Waals surface area contributed by atoms with Gasteiger partial charge in [0.05, 0.1) is 0 Å². The number of hydrogen-bond donors (Lipinski definition) is 1. The topological polar surface area (TPSA) is 42.2 Å². The third kappa shape index (κ3) is 2.62. The van der Waals surface area contributed by atoms with E-state index in [9.17, 15) is 4.79 Å². The number of para-hydroxylation sites is 1. The lowest BCUT2D eigenvalue weighted by Crippen LogP contribution is -2.11. The summed E-state index contributed by atoms with van der Waals surface area (Å²) < 4.78 is 6.78. The van der Waals surface area contributed by atoms with Gasteiger partial charge in [0, 0.05) is 32.6 Å². The zero-order valence-corrected chi connectivity index (χ0v) is 13.6. The summed E-state index contributed by atoms with van der Waals surface area (Å²) in [5.74, 6) is -0.145. The van der Waals surface area contributed by atoms with Gasteiger partial charge in [0.1, 0.15) is 11.2 Å². The van der Waals surface area contributed by atoms with E-state index in [1.165, 1.54) is 0 Å². The summed E-state index contributed by atoms with van der Waals surface area (Å²) in [6.45, 7) is 0. The zero-order valence-electron chi connectivity index (χ0n) is 12.0. The van der Waals surface area contributed by atoms with Crippen LogP contribution in [0.15, 0.2) is 75.6 Å². The van der Waals surface area contributed by atoms with Crippen molar-refractivity contribution in [1.82, 2.24) is 0 Å². The van der Waals surface area contributed by atoms with Crippen molar-refractivity contribution in [3.63, 3.8) is 0 Å². The molecule has 1 N–H and O–H groups in total. The van der Waals surface area contributed by atoms with Crippen molar-refractivity contribution < 1.29 is 9.21 Å². The number of carbonyl (C=O) groups excluding carboxylic acids is 1. The first kappa shape index (κ1) is 14.0. The Bertz CT molecular complexity index is 1020. The first-order valence-corrected chi connectivity index (χ1v) is 7.98. The molecule has 0 fully saturated rings. The molecule has 0 saturated carbocycles. The minimum atomic E-state index is -0.145. The van der Waals surface area contributed by atoms with E-state index in [0.717, 1.165) is 26.4 Å². The summed E-state index contributed by atoms with van der Waals surface area (Å²) in [6.07, 6.45) is 0. The van der Waals surface area contributed by atoms with Crippen molar-refractivity contribution >= 4 is 49.5 Å². The molecule has 1 heterocycles. The quantitative estimate of drug-likeness (QED) is 0.502. The number of amides is 1. The third-order valence-corrected chi connectivity index (χ3v) is 4.27. The normalized spacial score (nSPS) is 11.0. The van der Waals surface area contributed by atoms with Crippen molar-refractivity contribution in [3.05, 3.63) is 76.8 Å². The van der Waals surface area contributed by atoms with Crippen LogP contribution in [-0.2, 0) is 0 Å². The van der Waals surface area contributed by atoms with E-state index in [1.807, 2.05) is 54.6 Å². The van der Waals surface area contributed by atoms with Crippen molar-refractivity contribution in [2.75, 3.05) is 5.32 Å². The van der Waals surface area contributed by atoms with Crippen LogP contribution in [0.1, 0.15) is 10.4 Å². The predicted molar refractivity (Wildman–Crippen MR) is 95.8 cm³/mol. The summed E-state index contributed by atoms with van der Waals surface area (Å²) in [5, 5.41) is 5.02. The molecule has 4 heteroatoms. The number of fused-ring (bicyclic) bond motifs is 3. The lowest BCUT2D eigenvalue weighted by atomic mass is 10.1. The fourth-order valence-corrected chi connectivity index (χ4v) is 2.87. The van der Waals surface area contributed by atoms with E-state index in [0.29, 0.717) is 11.3 Å². The van der Waals surface area contributed by atoms with E-state index < -0.39 is 0 Å². The second kappa shape index (κ2) is 5.56. The maximum atomic E-state index is 12.3. The largest absolute Gasteiger partial charge is 0.456 e. The van der Waals surface area contributed by atoms with Crippen LogP contribution in [0.5, 0.6) is 0 Å². The van der Waals surface area contributed by atoms with E-state index in [-0.39, 0.29) is 5.91 Å². The van der Waals surface area contributed by atoms with E-state index in [2.05, 4.69) is 21.2 Å². The third-order valence-electron chi connectivity index (χ3n) is 3.74. The molecular formula is C19H12BrNO2. The molecule has 23 heavy (non-hydrogen) atoms. The Kier molecular flexibility index (Phi) is 3.39. The Morgan fingerprint density at radius 3 is 2.43 bits per heavy atom. The van der Waals surface area contributed by atoms with Crippen LogP contribution in [0.3, 0.4) is 0 Å². The molecule has 0 unspecified atom stereocenters. The number of hydrogen-bond acceptors (Lipinski definition) is 2. The van der Waals surface area contributed by atoms with Crippen molar-refractivity contribution in [1.29, 1.82) is 0 Å². The molecule has 0 aliphatic carbocycles.